The molecule has 0 bridgehead atoms. The SMILES string of the molecule is C=CC1=C(C=C)n2ccnc2[C@H](N)CC1. The van der Waals surface area contributed by atoms with Gasteiger partial charge in [0.25, 0.3) is 0 Å². The molecule has 78 valence electrons. The molecule has 1 aromatic rings. The number of nitrogens with zero attached hydrogens (tertiary/aromatic N) is 2. The third-order valence-corrected chi connectivity index (χ3v) is 2.75. The van der Waals surface area contributed by atoms with Gasteiger partial charge in [0.05, 0.1) is 6.04 Å². The van der Waals surface area contributed by atoms with Gasteiger partial charge in [-0.25, -0.2) is 4.98 Å². The first-order chi connectivity index (χ1) is 7.27. The van der Waals surface area contributed by atoms with Gasteiger partial charge in [-0.2, -0.15) is 0 Å². The Hall–Kier alpha value is -1.61. The number of hydrogen-bond acceptors (Lipinski definition) is 2. The van der Waals surface area contributed by atoms with E-state index in [1.165, 1.54) is 5.57 Å². The van der Waals surface area contributed by atoms with Crippen molar-refractivity contribution in [1.29, 1.82) is 0 Å². The Bertz CT molecular complexity index is 426. The Morgan fingerprint density at radius 2 is 2.27 bits per heavy atom. The van der Waals surface area contributed by atoms with Crippen molar-refractivity contribution in [1.82, 2.24) is 9.55 Å². The predicted molar refractivity (Wildman–Crippen MR) is 62.0 cm³/mol. The molecule has 2 heterocycles. The van der Waals surface area contributed by atoms with Gasteiger partial charge in [0.1, 0.15) is 5.82 Å². The molecule has 1 aliphatic heterocycles. The molecule has 3 nitrogen and oxygen atoms in total. The molecule has 0 saturated heterocycles. The van der Waals surface area contributed by atoms with Gasteiger partial charge in [0, 0.05) is 18.1 Å². The summed E-state index contributed by atoms with van der Waals surface area (Å²) in [7, 11) is 0. The maximum atomic E-state index is 6.05. The van der Waals surface area contributed by atoms with Gasteiger partial charge in [0.15, 0.2) is 0 Å². The first-order valence-electron chi connectivity index (χ1n) is 5.05. The van der Waals surface area contributed by atoms with Crippen molar-refractivity contribution < 1.29 is 0 Å². The minimum atomic E-state index is -0.00704. The Balaban J connectivity index is 2.62. The van der Waals surface area contributed by atoms with Crippen LogP contribution in [0, 0.1) is 0 Å². The fourth-order valence-electron chi connectivity index (χ4n) is 1.95. The molecule has 0 radical (unpaired) electrons. The molecule has 0 amide bonds. The molecule has 1 aromatic heterocycles. The van der Waals surface area contributed by atoms with Crippen molar-refractivity contribution in [2.75, 3.05) is 0 Å². The molecule has 2 N–H and O–H groups in total. The summed E-state index contributed by atoms with van der Waals surface area (Å²) in [5.74, 6) is 0.904. The average Bonchev–Trinajstić information content (AvgIpc) is 2.68. The summed E-state index contributed by atoms with van der Waals surface area (Å²) in [5.41, 5.74) is 8.27. The Morgan fingerprint density at radius 1 is 1.47 bits per heavy atom. The number of hydrogen-bond donors (Lipinski definition) is 1. The molecule has 2 rings (SSSR count). The Morgan fingerprint density at radius 3 is 2.93 bits per heavy atom. The summed E-state index contributed by atoms with van der Waals surface area (Å²) in [4.78, 5) is 4.29. The number of aromatic nitrogens is 2. The lowest BCUT2D eigenvalue weighted by Crippen LogP contribution is -2.13. The maximum Gasteiger partial charge on any atom is 0.130 e. The highest BCUT2D eigenvalue weighted by molar-refractivity contribution is 5.64. The number of allylic oxidation sites excluding steroid dienone is 4. The van der Waals surface area contributed by atoms with Gasteiger partial charge in [0.2, 0.25) is 0 Å². The quantitative estimate of drug-likeness (QED) is 0.797. The van der Waals surface area contributed by atoms with Crippen molar-refractivity contribution >= 4 is 5.70 Å². The van der Waals surface area contributed by atoms with Gasteiger partial charge in [-0.1, -0.05) is 19.2 Å². The number of fused-ring (bicyclic) bond motifs is 1. The van der Waals surface area contributed by atoms with Crippen LogP contribution in [-0.4, -0.2) is 9.55 Å². The molecule has 3 heteroatoms. The molecule has 0 aliphatic carbocycles. The van der Waals surface area contributed by atoms with Crippen molar-refractivity contribution in [2.24, 2.45) is 5.73 Å². The summed E-state index contributed by atoms with van der Waals surface area (Å²) >= 11 is 0. The fourth-order valence-corrected chi connectivity index (χ4v) is 1.95. The van der Waals surface area contributed by atoms with E-state index in [9.17, 15) is 0 Å². The lowest BCUT2D eigenvalue weighted by atomic mass is 10.1. The second-order valence-corrected chi connectivity index (χ2v) is 3.62. The lowest BCUT2D eigenvalue weighted by Gasteiger charge is -2.10. The van der Waals surface area contributed by atoms with E-state index in [0.717, 1.165) is 24.4 Å². The second kappa shape index (κ2) is 3.87. The summed E-state index contributed by atoms with van der Waals surface area (Å²) in [6.45, 7) is 7.66. The monoisotopic (exact) mass is 201 g/mol. The smallest absolute Gasteiger partial charge is 0.130 e. The van der Waals surface area contributed by atoms with E-state index in [0.29, 0.717) is 0 Å². The van der Waals surface area contributed by atoms with E-state index in [-0.39, 0.29) is 6.04 Å². The Labute approximate surface area is 89.6 Å². The van der Waals surface area contributed by atoms with Crippen LogP contribution in [0.25, 0.3) is 5.70 Å². The van der Waals surface area contributed by atoms with E-state index >= 15 is 0 Å². The predicted octanol–water partition coefficient (Wildman–Crippen LogP) is 2.26. The van der Waals surface area contributed by atoms with Crippen LogP contribution in [0.15, 0.2) is 43.3 Å². The van der Waals surface area contributed by atoms with E-state index in [1.54, 1.807) is 6.20 Å². The highest BCUT2D eigenvalue weighted by Gasteiger charge is 2.19. The molecular formula is C12H15N3. The third kappa shape index (κ3) is 1.55. The zero-order valence-corrected chi connectivity index (χ0v) is 8.69. The molecule has 1 aliphatic rings. The van der Waals surface area contributed by atoms with Crippen LogP contribution >= 0.6 is 0 Å². The van der Waals surface area contributed by atoms with E-state index in [1.807, 2.05) is 22.9 Å². The number of imidazole rings is 1. The van der Waals surface area contributed by atoms with Crippen LogP contribution in [0.1, 0.15) is 24.7 Å². The van der Waals surface area contributed by atoms with Crippen LogP contribution in [-0.2, 0) is 0 Å². The second-order valence-electron chi connectivity index (χ2n) is 3.62. The zero-order valence-electron chi connectivity index (χ0n) is 8.69. The van der Waals surface area contributed by atoms with E-state index in [4.69, 9.17) is 5.73 Å². The Kier molecular flexibility index (Phi) is 2.56. The van der Waals surface area contributed by atoms with Crippen molar-refractivity contribution in [3.8, 4) is 0 Å². The van der Waals surface area contributed by atoms with Crippen LogP contribution < -0.4 is 5.73 Å². The molecular weight excluding hydrogens is 186 g/mol. The van der Waals surface area contributed by atoms with Crippen LogP contribution in [0.4, 0.5) is 0 Å². The van der Waals surface area contributed by atoms with Crippen molar-refractivity contribution in [2.45, 2.75) is 18.9 Å². The van der Waals surface area contributed by atoms with Gasteiger partial charge < -0.3 is 10.3 Å². The third-order valence-electron chi connectivity index (χ3n) is 2.75. The van der Waals surface area contributed by atoms with Gasteiger partial charge >= 0.3 is 0 Å². The van der Waals surface area contributed by atoms with Crippen molar-refractivity contribution in [3.63, 3.8) is 0 Å². The van der Waals surface area contributed by atoms with Crippen LogP contribution in [0.2, 0.25) is 0 Å². The van der Waals surface area contributed by atoms with Gasteiger partial charge in [-0.05, 0) is 24.5 Å². The summed E-state index contributed by atoms with van der Waals surface area (Å²) in [6, 6.07) is -0.00704. The highest BCUT2D eigenvalue weighted by atomic mass is 15.1. The minimum absolute atomic E-state index is 0.00704. The van der Waals surface area contributed by atoms with E-state index < -0.39 is 0 Å². The average molecular weight is 201 g/mol. The minimum Gasteiger partial charge on any atom is -0.321 e. The zero-order chi connectivity index (χ0) is 10.8. The number of nitrogens with two attached hydrogens (primary N) is 1. The standard InChI is InChI=1S/C12H15N3/c1-3-9-5-6-10(13)12-14-7-8-15(12)11(9)4-2/h3-4,7-8,10H,1-2,5-6,13H2/t10-/m1/s1. The van der Waals surface area contributed by atoms with E-state index in [2.05, 4.69) is 18.1 Å². The molecule has 0 saturated carbocycles. The van der Waals surface area contributed by atoms with Crippen molar-refractivity contribution in [3.05, 3.63) is 49.1 Å². The van der Waals surface area contributed by atoms with Crippen LogP contribution in [0.3, 0.4) is 0 Å². The fraction of sp³-hybridized carbons (Fsp3) is 0.250. The molecule has 0 aromatic carbocycles. The van der Waals surface area contributed by atoms with Gasteiger partial charge in [-0.3, -0.25) is 0 Å². The normalized spacial score (nSPS) is 20.7. The molecule has 0 fully saturated rings. The first kappa shape index (κ1) is 9.93. The molecule has 1 atom stereocenters. The molecule has 0 spiro atoms. The highest BCUT2D eigenvalue weighted by Crippen LogP contribution is 2.28. The number of rotatable bonds is 2. The molecule has 15 heavy (non-hydrogen) atoms. The lowest BCUT2D eigenvalue weighted by molar-refractivity contribution is 0.621. The van der Waals surface area contributed by atoms with Crippen LogP contribution in [0.5, 0.6) is 0 Å². The topological polar surface area (TPSA) is 43.8 Å². The summed E-state index contributed by atoms with van der Waals surface area (Å²) < 4.78 is 2.00. The largest absolute Gasteiger partial charge is 0.321 e. The first-order valence-corrected chi connectivity index (χ1v) is 5.05. The summed E-state index contributed by atoms with van der Waals surface area (Å²) in [5, 5.41) is 0. The molecule has 0 unspecified atom stereocenters. The summed E-state index contributed by atoms with van der Waals surface area (Å²) in [6.07, 6.45) is 9.22. The maximum absolute atomic E-state index is 6.05. The van der Waals surface area contributed by atoms with Gasteiger partial charge in [-0.15, -0.1) is 0 Å².